The summed E-state index contributed by atoms with van der Waals surface area (Å²) in [4.78, 5) is 23.3. The maximum Gasteiger partial charge on any atom is 0.288 e. The number of nitro benzene ring substituents is 1. The molecule has 1 heterocycles. The van der Waals surface area contributed by atoms with Crippen molar-refractivity contribution in [3.05, 3.63) is 97.4 Å². The standard InChI is InChI=1S/C22H13ClF2N2O5S2/c23-15-6-4-12(8-19(15)27(29)30)9-21-22(28)26-18-7-5-13(10-20(18)33-21)34(31,32)11-14-16(24)2-1-3-17(14)25/h1-10H,11H2,(H,26,28)/b21-9+. The zero-order valence-electron chi connectivity index (χ0n) is 16.9. The molecule has 0 aliphatic carbocycles. The van der Waals surface area contributed by atoms with Crippen LogP contribution in [0, 0.1) is 21.7 Å². The minimum Gasteiger partial charge on any atom is -0.320 e. The lowest BCUT2D eigenvalue weighted by atomic mass is 10.2. The van der Waals surface area contributed by atoms with Gasteiger partial charge in [0.25, 0.3) is 11.6 Å². The molecular formula is C22H13ClF2N2O5S2. The first-order chi connectivity index (χ1) is 16.0. The SMILES string of the molecule is O=C1Nc2ccc(S(=O)(=O)Cc3c(F)cccc3F)cc2S/C1=C/c1ccc(Cl)c([N+](=O)[O-])c1. The summed E-state index contributed by atoms with van der Waals surface area (Å²) < 4.78 is 53.6. The summed E-state index contributed by atoms with van der Waals surface area (Å²) >= 11 is 6.77. The molecule has 0 saturated carbocycles. The van der Waals surface area contributed by atoms with Crippen molar-refractivity contribution in [3.8, 4) is 0 Å². The largest absolute Gasteiger partial charge is 0.320 e. The zero-order chi connectivity index (χ0) is 24.6. The van der Waals surface area contributed by atoms with Gasteiger partial charge in [-0.25, -0.2) is 17.2 Å². The highest BCUT2D eigenvalue weighted by Gasteiger charge is 2.26. The lowest BCUT2D eigenvalue weighted by Crippen LogP contribution is -2.18. The van der Waals surface area contributed by atoms with E-state index in [9.17, 15) is 32.1 Å². The number of halogens is 3. The van der Waals surface area contributed by atoms with Crippen LogP contribution in [0.5, 0.6) is 0 Å². The number of benzene rings is 3. The molecule has 12 heteroatoms. The van der Waals surface area contributed by atoms with Crippen molar-refractivity contribution >= 4 is 56.6 Å². The predicted octanol–water partition coefficient (Wildman–Crippen LogP) is 5.59. The van der Waals surface area contributed by atoms with Gasteiger partial charge < -0.3 is 5.32 Å². The molecule has 34 heavy (non-hydrogen) atoms. The van der Waals surface area contributed by atoms with Gasteiger partial charge in [-0.2, -0.15) is 0 Å². The number of carbonyl (C=O) groups is 1. The molecule has 0 saturated heterocycles. The first-order valence-electron chi connectivity index (χ1n) is 9.50. The molecule has 0 aromatic heterocycles. The van der Waals surface area contributed by atoms with E-state index >= 15 is 0 Å². The van der Waals surface area contributed by atoms with Crippen LogP contribution in [0.4, 0.5) is 20.2 Å². The highest BCUT2D eigenvalue weighted by molar-refractivity contribution is 8.04. The van der Waals surface area contributed by atoms with E-state index in [2.05, 4.69) is 5.32 Å². The van der Waals surface area contributed by atoms with Gasteiger partial charge in [-0.05, 0) is 48.0 Å². The summed E-state index contributed by atoms with van der Waals surface area (Å²) in [6, 6.07) is 11.1. The Hall–Kier alpha value is -3.28. The second-order valence-electron chi connectivity index (χ2n) is 7.15. The zero-order valence-corrected chi connectivity index (χ0v) is 19.3. The van der Waals surface area contributed by atoms with Crippen molar-refractivity contribution in [1.82, 2.24) is 0 Å². The van der Waals surface area contributed by atoms with E-state index in [1.165, 1.54) is 42.5 Å². The summed E-state index contributed by atoms with van der Waals surface area (Å²) in [5.74, 6) is -3.30. The van der Waals surface area contributed by atoms with Crippen LogP contribution in [0.15, 0.2) is 69.3 Å². The number of thioether (sulfide) groups is 1. The van der Waals surface area contributed by atoms with E-state index < -0.39 is 43.6 Å². The molecule has 1 aliphatic heterocycles. The third kappa shape index (κ3) is 4.81. The lowest BCUT2D eigenvalue weighted by Gasteiger charge is -2.19. The molecule has 1 amide bonds. The highest BCUT2D eigenvalue weighted by Crippen LogP contribution is 2.41. The Labute approximate surface area is 201 Å². The van der Waals surface area contributed by atoms with Crippen LogP contribution >= 0.6 is 23.4 Å². The van der Waals surface area contributed by atoms with Crippen LogP contribution in [0.2, 0.25) is 5.02 Å². The van der Waals surface area contributed by atoms with Crippen LogP contribution in [0.1, 0.15) is 11.1 Å². The van der Waals surface area contributed by atoms with Gasteiger partial charge >= 0.3 is 0 Å². The van der Waals surface area contributed by atoms with Gasteiger partial charge in [0.1, 0.15) is 16.7 Å². The monoisotopic (exact) mass is 522 g/mol. The minimum absolute atomic E-state index is 0.0561. The number of fused-ring (bicyclic) bond motifs is 1. The fraction of sp³-hybridized carbons (Fsp3) is 0.0455. The molecular weight excluding hydrogens is 510 g/mol. The normalized spacial score (nSPS) is 14.6. The van der Waals surface area contributed by atoms with Crippen LogP contribution in [-0.2, 0) is 20.4 Å². The van der Waals surface area contributed by atoms with Crippen molar-refractivity contribution in [2.45, 2.75) is 15.5 Å². The molecule has 174 valence electrons. The first-order valence-corrected chi connectivity index (χ1v) is 12.3. The third-order valence-electron chi connectivity index (χ3n) is 4.86. The van der Waals surface area contributed by atoms with E-state index in [0.717, 1.165) is 30.0 Å². The second-order valence-corrected chi connectivity index (χ2v) is 10.6. The average molecular weight is 523 g/mol. The Bertz CT molecular complexity index is 1470. The number of carbonyl (C=O) groups excluding carboxylic acids is 1. The van der Waals surface area contributed by atoms with Crippen molar-refractivity contribution in [3.63, 3.8) is 0 Å². The van der Waals surface area contributed by atoms with Gasteiger partial charge in [0.2, 0.25) is 0 Å². The molecule has 4 rings (SSSR count). The van der Waals surface area contributed by atoms with Gasteiger partial charge in [0.05, 0.1) is 26.2 Å². The smallest absolute Gasteiger partial charge is 0.288 e. The van der Waals surface area contributed by atoms with Gasteiger partial charge in [-0.15, -0.1) is 0 Å². The number of nitrogens with one attached hydrogen (secondary N) is 1. The van der Waals surface area contributed by atoms with Crippen LogP contribution in [0.25, 0.3) is 6.08 Å². The Kier molecular flexibility index (Phi) is 6.43. The molecule has 1 aliphatic rings. The lowest BCUT2D eigenvalue weighted by molar-refractivity contribution is -0.384. The summed E-state index contributed by atoms with van der Waals surface area (Å²) in [6.45, 7) is 0. The average Bonchev–Trinajstić information content (AvgIpc) is 2.77. The molecule has 0 fully saturated rings. The van der Waals surface area contributed by atoms with Crippen molar-refractivity contribution in [2.24, 2.45) is 0 Å². The Morgan fingerprint density at radius 2 is 1.79 bits per heavy atom. The predicted molar refractivity (Wildman–Crippen MR) is 124 cm³/mol. The Morgan fingerprint density at radius 1 is 1.09 bits per heavy atom. The van der Waals surface area contributed by atoms with Crippen molar-refractivity contribution < 1.29 is 26.9 Å². The number of nitro groups is 1. The molecule has 0 radical (unpaired) electrons. The van der Waals surface area contributed by atoms with Crippen molar-refractivity contribution in [2.75, 3.05) is 5.32 Å². The number of hydrogen-bond acceptors (Lipinski definition) is 6. The molecule has 3 aromatic carbocycles. The number of nitrogens with zero attached hydrogens (tertiary/aromatic N) is 1. The fourth-order valence-corrected chi connectivity index (χ4v) is 5.83. The van der Waals surface area contributed by atoms with Crippen LogP contribution < -0.4 is 5.32 Å². The van der Waals surface area contributed by atoms with E-state index in [1.807, 2.05) is 0 Å². The number of sulfone groups is 1. The first kappa shape index (κ1) is 23.9. The molecule has 0 bridgehead atoms. The molecule has 0 spiro atoms. The molecule has 3 aromatic rings. The quantitative estimate of drug-likeness (QED) is 0.266. The third-order valence-corrected chi connectivity index (χ3v) is 7.91. The fourth-order valence-electron chi connectivity index (χ4n) is 3.18. The van der Waals surface area contributed by atoms with E-state index in [4.69, 9.17) is 11.6 Å². The minimum atomic E-state index is -4.12. The van der Waals surface area contributed by atoms with Crippen LogP contribution in [0.3, 0.4) is 0 Å². The van der Waals surface area contributed by atoms with E-state index in [0.29, 0.717) is 16.1 Å². The highest BCUT2D eigenvalue weighted by atomic mass is 35.5. The number of anilines is 1. The van der Waals surface area contributed by atoms with E-state index in [-0.39, 0.29) is 20.5 Å². The topological polar surface area (TPSA) is 106 Å². The Balaban J connectivity index is 1.67. The molecule has 7 nitrogen and oxygen atoms in total. The summed E-state index contributed by atoms with van der Waals surface area (Å²) in [5, 5.41) is 13.7. The summed E-state index contributed by atoms with van der Waals surface area (Å²) in [7, 11) is -4.12. The van der Waals surface area contributed by atoms with Gasteiger partial charge in [0, 0.05) is 16.5 Å². The number of hydrogen-bond donors (Lipinski definition) is 1. The molecule has 0 atom stereocenters. The molecule has 0 unspecified atom stereocenters. The van der Waals surface area contributed by atoms with E-state index in [1.54, 1.807) is 0 Å². The van der Waals surface area contributed by atoms with Gasteiger partial charge in [-0.1, -0.05) is 35.5 Å². The number of amides is 1. The van der Waals surface area contributed by atoms with Gasteiger partial charge in [0.15, 0.2) is 9.84 Å². The summed E-state index contributed by atoms with van der Waals surface area (Å²) in [6.07, 6.45) is 1.40. The maximum atomic E-state index is 14.0. The van der Waals surface area contributed by atoms with Gasteiger partial charge in [-0.3, -0.25) is 14.9 Å². The maximum absolute atomic E-state index is 14.0. The summed E-state index contributed by atoms with van der Waals surface area (Å²) in [5.41, 5.74) is -0.196. The second kappa shape index (κ2) is 9.16. The van der Waals surface area contributed by atoms with Crippen molar-refractivity contribution in [1.29, 1.82) is 0 Å². The number of rotatable bonds is 5. The Morgan fingerprint density at radius 3 is 2.47 bits per heavy atom. The molecule has 1 N–H and O–H groups in total. The van der Waals surface area contributed by atoms with Crippen LogP contribution in [-0.4, -0.2) is 19.2 Å².